The topological polar surface area (TPSA) is 26.9 Å². The standard InChI is InChI=1S/C5H5NO.3BrH/c7-6-4-2-1-3-5-6;;;/h1-5H;3*1H. The molecule has 10 heavy (non-hydrogen) atoms. The maximum Gasteiger partial charge on any atom is 0.180 e. The van der Waals surface area contributed by atoms with Crippen LogP contribution in [0.2, 0.25) is 0 Å². The maximum atomic E-state index is 10.2. The van der Waals surface area contributed by atoms with Crippen molar-refractivity contribution >= 4 is 50.9 Å². The van der Waals surface area contributed by atoms with Crippen LogP contribution in [-0.2, 0) is 0 Å². The molecule has 0 saturated heterocycles. The van der Waals surface area contributed by atoms with Gasteiger partial charge in [0.1, 0.15) is 0 Å². The van der Waals surface area contributed by atoms with Crippen molar-refractivity contribution in [2.45, 2.75) is 0 Å². The molecular formula is C5H8Br3NO. The molecule has 0 aliphatic heterocycles. The van der Waals surface area contributed by atoms with Gasteiger partial charge in [-0.1, -0.05) is 6.07 Å². The van der Waals surface area contributed by atoms with Crippen molar-refractivity contribution in [2.24, 2.45) is 0 Å². The summed E-state index contributed by atoms with van der Waals surface area (Å²) in [7, 11) is 0. The molecule has 2 nitrogen and oxygen atoms in total. The van der Waals surface area contributed by atoms with E-state index in [0.29, 0.717) is 0 Å². The summed E-state index contributed by atoms with van der Waals surface area (Å²) in [6.07, 6.45) is 2.89. The molecule has 0 N–H and O–H groups in total. The first-order chi connectivity index (χ1) is 3.39. The van der Waals surface area contributed by atoms with Crippen LogP contribution >= 0.6 is 50.9 Å². The predicted molar refractivity (Wildman–Crippen MR) is 56.4 cm³/mol. The number of nitrogens with zero attached hydrogens (tertiary/aromatic N) is 1. The number of hydrogen-bond acceptors (Lipinski definition) is 1. The van der Waals surface area contributed by atoms with E-state index in [4.69, 9.17) is 0 Å². The molecular weight excluding hydrogens is 330 g/mol. The van der Waals surface area contributed by atoms with Crippen LogP contribution in [-0.4, -0.2) is 0 Å². The largest absolute Gasteiger partial charge is 0.619 e. The normalized spacial score (nSPS) is 6.00. The minimum atomic E-state index is 0. The van der Waals surface area contributed by atoms with Crippen LogP contribution in [0.25, 0.3) is 0 Å². The summed E-state index contributed by atoms with van der Waals surface area (Å²) >= 11 is 0. The molecule has 0 aromatic carbocycles. The van der Waals surface area contributed by atoms with Crippen molar-refractivity contribution in [3.05, 3.63) is 35.8 Å². The van der Waals surface area contributed by atoms with Gasteiger partial charge in [0.25, 0.3) is 0 Å². The molecule has 1 aromatic heterocycles. The second-order valence-corrected chi connectivity index (χ2v) is 1.24. The summed E-state index contributed by atoms with van der Waals surface area (Å²) < 4.78 is 0.750. The third-order valence-electron chi connectivity index (χ3n) is 0.688. The quantitative estimate of drug-likeness (QED) is 0.526. The van der Waals surface area contributed by atoms with E-state index in [2.05, 4.69) is 0 Å². The van der Waals surface area contributed by atoms with Gasteiger partial charge in [-0.3, -0.25) is 0 Å². The van der Waals surface area contributed by atoms with Crippen molar-refractivity contribution in [1.29, 1.82) is 0 Å². The summed E-state index contributed by atoms with van der Waals surface area (Å²) in [6, 6.07) is 5.18. The Hall–Kier alpha value is 0.390. The van der Waals surface area contributed by atoms with E-state index in [1.165, 1.54) is 12.4 Å². The molecule has 0 unspecified atom stereocenters. The van der Waals surface area contributed by atoms with Crippen LogP contribution in [0.4, 0.5) is 0 Å². The molecule has 1 rings (SSSR count). The first-order valence-corrected chi connectivity index (χ1v) is 2.03. The predicted octanol–water partition coefficient (Wildman–Crippen LogP) is 2.05. The highest BCUT2D eigenvalue weighted by Gasteiger charge is 1.74. The number of pyridine rings is 1. The van der Waals surface area contributed by atoms with E-state index in [-0.39, 0.29) is 50.9 Å². The molecule has 0 radical (unpaired) electrons. The Morgan fingerprint density at radius 1 is 0.800 bits per heavy atom. The lowest BCUT2D eigenvalue weighted by Crippen LogP contribution is -2.22. The van der Waals surface area contributed by atoms with E-state index in [9.17, 15) is 5.21 Å². The van der Waals surface area contributed by atoms with Crippen molar-refractivity contribution in [1.82, 2.24) is 0 Å². The molecule has 1 heterocycles. The van der Waals surface area contributed by atoms with Gasteiger partial charge in [0, 0.05) is 12.1 Å². The van der Waals surface area contributed by atoms with Crippen LogP contribution in [0.3, 0.4) is 0 Å². The van der Waals surface area contributed by atoms with Crippen LogP contribution in [0.1, 0.15) is 0 Å². The lowest BCUT2D eigenvalue weighted by molar-refractivity contribution is -0.605. The summed E-state index contributed by atoms with van der Waals surface area (Å²) in [5.74, 6) is 0. The molecule has 0 saturated carbocycles. The maximum absolute atomic E-state index is 10.2. The highest BCUT2D eigenvalue weighted by molar-refractivity contribution is 8.93. The fraction of sp³-hybridized carbons (Fsp3) is 0. The van der Waals surface area contributed by atoms with E-state index in [1.54, 1.807) is 18.2 Å². The zero-order chi connectivity index (χ0) is 5.11. The minimum Gasteiger partial charge on any atom is -0.619 e. The Balaban J connectivity index is -0.000000163. The second kappa shape index (κ2) is 9.39. The van der Waals surface area contributed by atoms with Gasteiger partial charge >= 0.3 is 0 Å². The third-order valence-corrected chi connectivity index (χ3v) is 0.688. The molecule has 0 aliphatic carbocycles. The Labute approximate surface area is 91.1 Å². The number of aromatic nitrogens is 1. The fourth-order valence-electron chi connectivity index (χ4n) is 0.383. The third kappa shape index (κ3) is 6.51. The smallest absolute Gasteiger partial charge is 0.180 e. The number of rotatable bonds is 0. The van der Waals surface area contributed by atoms with Gasteiger partial charge in [-0.25, -0.2) is 0 Å². The van der Waals surface area contributed by atoms with Gasteiger partial charge in [-0.05, 0) is 0 Å². The molecule has 5 heteroatoms. The van der Waals surface area contributed by atoms with Crippen LogP contribution in [0.15, 0.2) is 30.6 Å². The van der Waals surface area contributed by atoms with E-state index >= 15 is 0 Å². The zero-order valence-corrected chi connectivity index (χ0v) is 10.1. The Morgan fingerprint density at radius 2 is 1.20 bits per heavy atom. The lowest BCUT2D eigenvalue weighted by Gasteiger charge is -1.88. The van der Waals surface area contributed by atoms with E-state index in [0.717, 1.165) is 4.73 Å². The van der Waals surface area contributed by atoms with Gasteiger partial charge in [0.05, 0.1) is 0 Å². The van der Waals surface area contributed by atoms with Gasteiger partial charge < -0.3 is 5.21 Å². The average molecular weight is 338 g/mol. The molecule has 1 aromatic rings. The first-order valence-electron chi connectivity index (χ1n) is 2.03. The minimum absolute atomic E-state index is 0. The van der Waals surface area contributed by atoms with Crippen LogP contribution < -0.4 is 4.73 Å². The molecule has 0 bridgehead atoms. The molecule has 0 spiro atoms. The second-order valence-electron chi connectivity index (χ2n) is 1.24. The van der Waals surface area contributed by atoms with Crippen LogP contribution in [0.5, 0.6) is 0 Å². The Morgan fingerprint density at radius 3 is 1.40 bits per heavy atom. The fourth-order valence-corrected chi connectivity index (χ4v) is 0.383. The van der Waals surface area contributed by atoms with Gasteiger partial charge in [-0.2, -0.15) is 4.73 Å². The van der Waals surface area contributed by atoms with E-state index < -0.39 is 0 Å². The molecule has 0 aliphatic rings. The summed E-state index contributed by atoms with van der Waals surface area (Å²) in [5, 5.41) is 10.2. The van der Waals surface area contributed by atoms with Crippen molar-refractivity contribution in [2.75, 3.05) is 0 Å². The SMILES string of the molecule is Br.Br.Br.[O-][n+]1ccccc1. The Kier molecular flexibility index (Phi) is 15.8. The van der Waals surface area contributed by atoms with Crippen LogP contribution in [0, 0.1) is 5.21 Å². The summed E-state index contributed by atoms with van der Waals surface area (Å²) in [6.45, 7) is 0. The lowest BCUT2D eigenvalue weighted by atomic mass is 10.5. The summed E-state index contributed by atoms with van der Waals surface area (Å²) in [5.41, 5.74) is 0. The molecule has 0 fully saturated rings. The van der Waals surface area contributed by atoms with Crippen molar-refractivity contribution in [3.8, 4) is 0 Å². The van der Waals surface area contributed by atoms with Gasteiger partial charge in [-0.15, -0.1) is 50.9 Å². The molecule has 0 amide bonds. The van der Waals surface area contributed by atoms with Crippen molar-refractivity contribution < 1.29 is 4.73 Å². The van der Waals surface area contributed by atoms with Gasteiger partial charge in [0.2, 0.25) is 0 Å². The molecule has 0 atom stereocenters. The highest BCUT2D eigenvalue weighted by atomic mass is 79.9. The highest BCUT2D eigenvalue weighted by Crippen LogP contribution is 1.72. The monoisotopic (exact) mass is 335 g/mol. The van der Waals surface area contributed by atoms with Crippen molar-refractivity contribution in [3.63, 3.8) is 0 Å². The molecule has 60 valence electrons. The van der Waals surface area contributed by atoms with E-state index in [1.807, 2.05) is 0 Å². The number of hydrogen-bond donors (Lipinski definition) is 0. The average Bonchev–Trinajstić information content (AvgIpc) is 1.69. The first kappa shape index (κ1) is 16.8. The summed E-state index contributed by atoms with van der Waals surface area (Å²) in [4.78, 5) is 0. The van der Waals surface area contributed by atoms with Gasteiger partial charge in [0.15, 0.2) is 12.4 Å². The number of halogens is 3. The Bertz CT molecular complexity index is 147. The zero-order valence-electron chi connectivity index (χ0n) is 4.97.